The predicted molar refractivity (Wildman–Crippen MR) is 124 cm³/mol. The monoisotopic (exact) mass is 509 g/mol. The molecule has 0 heterocycles. The molecule has 14 nitrogen and oxygen atoms in total. The molecule has 0 aromatic heterocycles. The van der Waals surface area contributed by atoms with Gasteiger partial charge in [0, 0.05) is 19.3 Å². The summed E-state index contributed by atoms with van der Waals surface area (Å²) in [5.74, 6) is -6.11. The lowest BCUT2D eigenvalue weighted by Gasteiger charge is -2.24. The van der Waals surface area contributed by atoms with Crippen molar-refractivity contribution in [1.82, 2.24) is 16.0 Å². The largest absolute Gasteiger partial charge is 0.481 e. The Morgan fingerprint density at radius 1 is 0.778 bits per heavy atom. The molecule has 10 N–H and O–H groups in total. The van der Waals surface area contributed by atoms with Gasteiger partial charge < -0.3 is 42.7 Å². The van der Waals surface area contributed by atoms with Crippen LogP contribution < -0.4 is 27.4 Å². The van der Waals surface area contributed by atoms with Crippen molar-refractivity contribution in [2.45, 2.75) is 56.3 Å². The molecule has 36 heavy (non-hydrogen) atoms. The number of aliphatic hydroxyl groups is 1. The fourth-order valence-corrected chi connectivity index (χ4v) is 3.03. The van der Waals surface area contributed by atoms with Gasteiger partial charge in [-0.3, -0.25) is 24.0 Å². The first-order valence-corrected chi connectivity index (χ1v) is 11.0. The Kier molecular flexibility index (Phi) is 12.5. The van der Waals surface area contributed by atoms with E-state index in [9.17, 15) is 39.0 Å². The summed E-state index contributed by atoms with van der Waals surface area (Å²) in [5.41, 5.74) is 11.5. The number of hydrogen-bond donors (Lipinski definition) is 8. The second-order valence-corrected chi connectivity index (χ2v) is 7.94. The van der Waals surface area contributed by atoms with E-state index in [0.717, 1.165) is 0 Å². The first-order valence-electron chi connectivity index (χ1n) is 11.0. The lowest BCUT2D eigenvalue weighted by molar-refractivity contribution is -0.143. The molecule has 1 rings (SSSR count). The van der Waals surface area contributed by atoms with Crippen molar-refractivity contribution in [3.63, 3.8) is 0 Å². The highest BCUT2D eigenvalue weighted by atomic mass is 16.4. The number of amides is 4. The molecule has 1 aromatic carbocycles. The molecule has 4 unspecified atom stereocenters. The summed E-state index contributed by atoms with van der Waals surface area (Å²) in [7, 11) is 0. The van der Waals surface area contributed by atoms with Crippen LogP contribution in [-0.4, -0.2) is 81.7 Å². The number of carboxylic acids is 2. The van der Waals surface area contributed by atoms with Crippen LogP contribution in [0.2, 0.25) is 0 Å². The van der Waals surface area contributed by atoms with Crippen LogP contribution in [0.15, 0.2) is 30.3 Å². The zero-order valence-electron chi connectivity index (χ0n) is 19.4. The third-order valence-corrected chi connectivity index (χ3v) is 5.03. The molecule has 0 aliphatic carbocycles. The van der Waals surface area contributed by atoms with Gasteiger partial charge in [-0.25, -0.2) is 4.79 Å². The van der Waals surface area contributed by atoms with Crippen LogP contribution in [0.3, 0.4) is 0 Å². The quantitative estimate of drug-likeness (QED) is 0.114. The maximum Gasteiger partial charge on any atom is 0.326 e. The fourth-order valence-electron chi connectivity index (χ4n) is 3.03. The fraction of sp³-hybridized carbons (Fsp3) is 0.455. The summed E-state index contributed by atoms with van der Waals surface area (Å²) in [5, 5.41) is 34.3. The molecule has 0 spiro atoms. The van der Waals surface area contributed by atoms with E-state index in [0.29, 0.717) is 5.56 Å². The molecule has 198 valence electrons. The van der Waals surface area contributed by atoms with Gasteiger partial charge >= 0.3 is 11.9 Å². The molecule has 1 aromatic rings. The zero-order valence-corrected chi connectivity index (χ0v) is 19.4. The number of nitrogens with one attached hydrogen (secondary N) is 3. The lowest BCUT2D eigenvalue weighted by atomic mass is 10.0. The molecule has 4 atom stereocenters. The minimum Gasteiger partial charge on any atom is -0.481 e. The van der Waals surface area contributed by atoms with Crippen molar-refractivity contribution in [2.24, 2.45) is 11.5 Å². The predicted octanol–water partition coefficient (Wildman–Crippen LogP) is -2.78. The van der Waals surface area contributed by atoms with Crippen LogP contribution in [0.25, 0.3) is 0 Å². The second kappa shape index (κ2) is 15.1. The van der Waals surface area contributed by atoms with Crippen LogP contribution in [0.4, 0.5) is 0 Å². The Bertz CT molecular complexity index is 941. The van der Waals surface area contributed by atoms with E-state index in [1.165, 1.54) is 0 Å². The summed E-state index contributed by atoms with van der Waals surface area (Å²) in [6.07, 6.45) is -1.18. The summed E-state index contributed by atoms with van der Waals surface area (Å²) in [6.45, 7) is -0.910. The highest BCUT2D eigenvalue weighted by Crippen LogP contribution is 2.06. The van der Waals surface area contributed by atoms with Crippen LogP contribution in [-0.2, 0) is 35.2 Å². The van der Waals surface area contributed by atoms with Gasteiger partial charge in [-0.1, -0.05) is 30.3 Å². The number of carbonyl (C=O) groups is 6. The van der Waals surface area contributed by atoms with Gasteiger partial charge in [0.15, 0.2) is 0 Å². The van der Waals surface area contributed by atoms with Gasteiger partial charge in [0.1, 0.15) is 18.1 Å². The number of rotatable bonds is 16. The Balaban J connectivity index is 2.96. The van der Waals surface area contributed by atoms with Crippen LogP contribution in [0, 0.1) is 0 Å². The molecule has 14 heteroatoms. The number of carboxylic acid groups (broad SMARTS) is 2. The molecule has 0 saturated heterocycles. The number of carbonyl (C=O) groups excluding carboxylic acids is 4. The molecule has 0 saturated carbocycles. The van der Waals surface area contributed by atoms with Gasteiger partial charge in [-0.05, 0) is 18.4 Å². The van der Waals surface area contributed by atoms with Crippen molar-refractivity contribution in [3.8, 4) is 0 Å². The van der Waals surface area contributed by atoms with E-state index in [2.05, 4.69) is 16.0 Å². The number of hydrogen-bond acceptors (Lipinski definition) is 8. The molecule has 4 amide bonds. The molecule has 0 fully saturated rings. The van der Waals surface area contributed by atoms with E-state index in [1.54, 1.807) is 30.3 Å². The van der Waals surface area contributed by atoms with E-state index < -0.39 is 79.2 Å². The smallest absolute Gasteiger partial charge is 0.326 e. The summed E-state index contributed by atoms with van der Waals surface area (Å²) >= 11 is 0. The van der Waals surface area contributed by atoms with E-state index in [-0.39, 0.29) is 19.3 Å². The van der Waals surface area contributed by atoms with Gasteiger partial charge in [0.25, 0.3) is 0 Å². The summed E-state index contributed by atoms with van der Waals surface area (Å²) in [4.78, 5) is 70.9. The molecular weight excluding hydrogens is 478 g/mol. The second-order valence-electron chi connectivity index (χ2n) is 7.94. The highest BCUT2D eigenvalue weighted by Gasteiger charge is 2.30. The molecule has 0 bridgehead atoms. The maximum absolute atomic E-state index is 13.0. The van der Waals surface area contributed by atoms with E-state index in [4.69, 9.17) is 16.6 Å². The van der Waals surface area contributed by atoms with Crippen LogP contribution >= 0.6 is 0 Å². The summed E-state index contributed by atoms with van der Waals surface area (Å²) < 4.78 is 0. The molecular formula is C22H31N5O9. The normalized spacial score (nSPS) is 13.9. The van der Waals surface area contributed by atoms with Crippen molar-refractivity contribution < 1.29 is 44.1 Å². The van der Waals surface area contributed by atoms with E-state index in [1.807, 2.05) is 0 Å². The minimum absolute atomic E-state index is 0.0168. The van der Waals surface area contributed by atoms with E-state index >= 15 is 0 Å². The molecule has 0 aliphatic heterocycles. The topological polar surface area (TPSA) is 251 Å². The van der Waals surface area contributed by atoms with Crippen LogP contribution in [0.1, 0.15) is 31.2 Å². The van der Waals surface area contributed by atoms with Gasteiger partial charge in [-0.2, -0.15) is 0 Å². The Morgan fingerprint density at radius 2 is 1.33 bits per heavy atom. The highest BCUT2D eigenvalue weighted by molar-refractivity contribution is 5.94. The SMILES string of the molecule is NC(=O)CCC(N)C(=O)NC(Cc1ccccc1)C(=O)NC(CO)C(=O)NC(CCC(=O)O)C(=O)O. The van der Waals surface area contributed by atoms with Crippen molar-refractivity contribution >= 4 is 35.6 Å². The first kappa shape index (κ1) is 30.0. The third kappa shape index (κ3) is 10.9. The standard InChI is InChI=1S/C22H31N5O9/c23-13(6-8-17(24)29)19(32)26-15(10-12-4-2-1-3-5-12)20(33)27-16(11-28)21(34)25-14(22(35)36)7-9-18(30)31/h1-5,13-16,28H,6-11,23H2,(H2,24,29)(H,25,34)(H,26,32)(H,27,33)(H,30,31)(H,35,36). The lowest BCUT2D eigenvalue weighted by Crippen LogP contribution is -2.58. The maximum atomic E-state index is 13.0. The number of aliphatic hydroxyl groups excluding tert-OH is 1. The third-order valence-electron chi connectivity index (χ3n) is 5.03. The minimum atomic E-state index is -1.59. The van der Waals surface area contributed by atoms with Crippen molar-refractivity contribution in [3.05, 3.63) is 35.9 Å². The number of primary amides is 1. The number of aliphatic carboxylic acids is 2. The number of benzene rings is 1. The first-order chi connectivity index (χ1) is 16.9. The molecule has 0 aliphatic rings. The molecule has 0 radical (unpaired) electrons. The van der Waals surface area contributed by atoms with Crippen molar-refractivity contribution in [2.75, 3.05) is 6.61 Å². The Hall–Kier alpha value is -4.04. The van der Waals surface area contributed by atoms with Gasteiger partial charge in [-0.15, -0.1) is 0 Å². The van der Waals surface area contributed by atoms with Gasteiger partial charge in [0.05, 0.1) is 12.6 Å². The number of nitrogens with two attached hydrogens (primary N) is 2. The average Bonchev–Trinajstić information content (AvgIpc) is 2.82. The van der Waals surface area contributed by atoms with Gasteiger partial charge in [0.2, 0.25) is 23.6 Å². The Morgan fingerprint density at radius 3 is 1.86 bits per heavy atom. The Labute approximate surface area is 206 Å². The van der Waals surface area contributed by atoms with Crippen LogP contribution in [0.5, 0.6) is 0 Å². The zero-order chi connectivity index (χ0) is 27.3. The van der Waals surface area contributed by atoms with Crippen molar-refractivity contribution in [1.29, 1.82) is 0 Å². The average molecular weight is 510 g/mol. The summed E-state index contributed by atoms with van der Waals surface area (Å²) in [6, 6.07) is 2.98.